The van der Waals surface area contributed by atoms with Gasteiger partial charge in [-0.25, -0.2) is 0 Å². The van der Waals surface area contributed by atoms with E-state index in [0.717, 1.165) is 19.3 Å². The average Bonchev–Trinajstić information content (AvgIpc) is 2.21. The molecule has 0 unspecified atom stereocenters. The van der Waals surface area contributed by atoms with E-state index >= 15 is 0 Å². The highest BCUT2D eigenvalue weighted by Crippen LogP contribution is 2.21. The molecule has 0 atom stereocenters. The Morgan fingerprint density at radius 2 is 2.00 bits per heavy atom. The van der Waals surface area contributed by atoms with Gasteiger partial charge in [0, 0.05) is 7.11 Å². The van der Waals surface area contributed by atoms with Crippen LogP contribution in [0.15, 0.2) is 36.6 Å². The number of fused-ring (bicyclic) bond motifs is 1. The Hall–Kier alpha value is -1.28. The monoisotopic (exact) mass is 164 g/mol. The van der Waals surface area contributed by atoms with Crippen LogP contribution in [-0.2, 0) is 6.42 Å². The number of hydrogen-bond acceptors (Lipinski definition) is 2. The molecule has 1 aromatic carbocycles. The van der Waals surface area contributed by atoms with E-state index in [1.165, 1.54) is 5.56 Å². The minimum absolute atomic E-state index is 0.991. The zero-order valence-electron chi connectivity index (χ0n) is 7.03. The number of hydrogen-bond donors (Lipinski definition) is 1. The molecule has 0 radical (unpaired) electrons. The summed E-state index contributed by atoms with van der Waals surface area (Å²) in [6.45, 7) is 0. The molecular formula is C10H12O2. The molecule has 1 aliphatic heterocycles. The molecule has 1 heterocycles. The van der Waals surface area contributed by atoms with Gasteiger partial charge in [0.25, 0.3) is 0 Å². The van der Waals surface area contributed by atoms with Crippen molar-refractivity contribution in [2.45, 2.75) is 6.42 Å². The molecule has 0 aliphatic carbocycles. The number of aliphatic hydroxyl groups excluding tert-OH is 1. The molecule has 0 bridgehead atoms. The number of benzene rings is 1. The second-order valence-electron chi connectivity index (χ2n) is 2.30. The van der Waals surface area contributed by atoms with Crippen LogP contribution in [-0.4, -0.2) is 12.2 Å². The van der Waals surface area contributed by atoms with Crippen molar-refractivity contribution in [1.82, 2.24) is 0 Å². The van der Waals surface area contributed by atoms with Crippen molar-refractivity contribution in [2.75, 3.05) is 7.11 Å². The van der Waals surface area contributed by atoms with Gasteiger partial charge < -0.3 is 9.84 Å². The summed E-state index contributed by atoms with van der Waals surface area (Å²) in [6.07, 6.45) is 4.75. The van der Waals surface area contributed by atoms with E-state index in [2.05, 4.69) is 6.07 Å². The first-order chi connectivity index (χ1) is 5.97. The van der Waals surface area contributed by atoms with E-state index in [9.17, 15) is 0 Å². The Balaban J connectivity index is 0.000000336. The van der Waals surface area contributed by atoms with E-state index in [0.29, 0.717) is 0 Å². The highest BCUT2D eigenvalue weighted by Gasteiger charge is 2.02. The lowest BCUT2D eigenvalue weighted by molar-refractivity contribution is 0.399. The molecule has 1 N–H and O–H groups in total. The molecule has 0 aromatic heterocycles. The summed E-state index contributed by atoms with van der Waals surface area (Å²) in [6, 6.07) is 8.08. The summed E-state index contributed by atoms with van der Waals surface area (Å²) in [7, 11) is 1.00. The molecule has 0 fully saturated rings. The zero-order chi connectivity index (χ0) is 8.81. The van der Waals surface area contributed by atoms with Gasteiger partial charge >= 0.3 is 0 Å². The summed E-state index contributed by atoms with van der Waals surface area (Å²) in [5.41, 5.74) is 1.27. The van der Waals surface area contributed by atoms with Crippen molar-refractivity contribution < 1.29 is 9.84 Å². The fraction of sp³-hybridized carbons (Fsp3) is 0.200. The first kappa shape index (κ1) is 8.81. The van der Waals surface area contributed by atoms with Gasteiger partial charge in [0.1, 0.15) is 5.75 Å². The third-order valence-electron chi connectivity index (χ3n) is 1.60. The first-order valence-corrected chi connectivity index (χ1v) is 3.81. The van der Waals surface area contributed by atoms with Crippen molar-refractivity contribution in [3.63, 3.8) is 0 Å². The number of ether oxygens (including phenoxy) is 1. The maximum Gasteiger partial charge on any atom is 0.130 e. The third-order valence-corrected chi connectivity index (χ3v) is 1.60. The van der Waals surface area contributed by atoms with Crippen LogP contribution in [0.3, 0.4) is 0 Å². The Labute approximate surface area is 72.1 Å². The SMILES string of the molecule is C1=COc2ccccc2C1.CO. The lowest BCUT2D eigenvalue weighted by Crippen LogP contribution is -1.94. The first-order valence-electron chi connectivity index (χ1n) is 3.81. The van der Waals surface area contributed by atoms with Crippen LogP contribution >= 0.6 is 0 Å². The topological polar surface area (TPSA) is 29.5 Å². The van der Waals surface area contributed by atoms with Crippen LogP contribution in [0, 0.1) is 0 Å². The van der Waals surface area contributed by atoms with E-state index in [4.69, 9.17) is 9.84 Å². The maximum absolute atomic E-state index is 7.00. The van der Waals surface area contributed by atoms with Crippen LogP contribution in [0.25, 0.3) is 0 Å². The Morgan fingerprint density at radius 1 is 1.25 bits per heavy atom. The number of rotatable bonds is 0. The molecule has 1 aromatic rings. The van der Waals surface area contributed by atoms with Crippen molar-refractivity contribution in [1.29, 1.82) is 0 Å². The highest BCUT2D eigenvalue weighted by molar-refractivity contribution is 5.36. The summed E-state index contributed by atoms with van der Waals surface area (Å²) >= 11 is 0. The zero-order valence-corrected chi connectivity index (χ0v) is 7.03. The molecule has 0 saturated heterocycles. The minimum Gasteiger partial charge on any atom is -0.465 e. The van der Waals surface area contributed by atoms with Crippen molar-refractivity contribution >= 4 is 0 Å². The molecule has 0 amide bonds. The van der Waals surface area contributed by atoms with Gasteiger partial charge in [-0.05, 0) is 24.1 Å². The quantitative estimate of drug-likeness (QED) is 0.633. The van der Waals surface area contributed by atoms with Crippen LogP contribution in [0.1, 0.15) is 5.56 Å². The third kappa shape index (κ3) is 1.86. The largest absolute Gasteiger partial charge is 0.465 e. The maximum atomic E-state index is 7.00. The smallest absolute Gasteiger partial charge is 0.130 e. The van der Waals surface area contributed by atoms with Crippen molar-refractivity contribution in [3.8, 4) is 5.75 Å². The fourth-order valence-electron chi connectivity index (χ4n) is 1.08. The van der Waals surface area contributed by atoms with Crippen LogP contribution in [0.2, 0.25) is 0 Å². The van der Waals surface area contributed by atoms with Gasteiger partial charge in [0.05, 0.1) is 6.26 Å². The van der Waals surface area contributed by atoms with Crippen LogP contribution in [0.4, 0.5) is 0 Å². The number of para-hydroxylation sites is 1. The second-order valence-corrected chi connectivity index (χ2v) is 2.30. The summed E-state index contributed by atoms with van der Waals surface area (Å²) in [4.78, 5) is 0. The summed E-state index contributed by atoms with van der Waals surface area (Å²) in [5, 5.41) is 7.00. The molecule has 64 valence electrons. The van der Waals surface area contributed by atoms with Crippen LogP contribution < -0.4 is 4.74 Å². The van der Waals surface area contributed by atoms with Gasteiger partial charge in [-0.1, -0.05) is 18.2 Å². The molecule has 0 saturated carbocycles. The Kier molecular flexibility index (Phi) is 3.35. The average molecular weight is 164 g/mol. The molecular weight excluding hydrogens is 152 g/mol. The molecule has 2 heteroatoms. The van der Waals surface area contributed by atoms with E-state index in [1.807, 2.05) is 24.3 Å². The van der Waals surface area contributed by atoms with Gasteiger partial charge in [-0.15, -0.1) is 0 Å². The predicted octanol–water partition coefficient (Wildman–Crippen LogP) is 1.74. The van der Waals surface area contributed by atoms with Crippen molar-refractivity contribution in [3.05, 3.63) is 42.2 Å². The number of allylic oxidation sites excluding steroid dienone is 1. The molecule has 0 spiro atoms. The van der Waals surface area contributed by atoms with Gasteiger partial charge in [-0.2, -0.15) is 0 Å². The van der Waals surface area contributed by atoms with Gasteiger partial charge in [-0.3, -0.25) is 0 Å². The Morgan fingerprint density at radius 3 is 2.75 bits per heavy atom. The van der Waals surface area contributed by atoms with E-state index in [-0.39, 0.29) is 0 Å². The predicted molar refractivity (Wildman–Crippen MR) is 48.1 cm³/mol. The lowest BCUT2D eigenvalue weighted by Gasteiger charge is -2.09. The van der Waals surface area contributed by atoms with E-state index in [1.54, 1.807) is 6.26 Å². The molecule has 12 heavy (non-hydrogen) atoms. The molecule has 2 rings (SSSR count). The normalized spacial score (nSPS) is 12.2. The van der Waals surface area contributed by atoms with Gasteiger partial charge in [0.15, 0.2) is 0 Å². The standard InChI is InChI=1S/C9H8O.CH4O/c1-2-6-9-8(4-1)5-3-7-10-9;1-2/h1-4,6-7H,5H2;2H,1H3. The highest BCUT2D eigenvalue weighted by atomic mass is 16.5. The lowest BCUT2D eigenvalue weighted by atomic mass is 10.1. The second kappa shape index (κ2) is 4.57. The molecule has 1 aliphatic rings. The summed E-state index contributed by atoms with van der Waals surface area (Å²) in [5.74, 6) is 0.991. The number of aliphatic hydroxyl groups is 1. The van der Waals surface area contributed by atoms with Crippen molar-refractivity contribution in [2.24, 2.45) is 0 Å². The van der Waals surface area contributed by atoms with Crippen LogP contribution in [0.5, 0.6) is 5.75 Å². The molecule has 2 nitrogen and oxygen atoms in total. The van der Waals surface area contributed by atoms with E-state index < -0.39 is 0 Å². The Bertz CT molecular complexity index is 239. The summed E-state index contributed by atoms with van der Waals surface area (Å²) < 4.78 is 5.24. The van der Waals surface area contributed by atoms with Gasteiger partial charge in [0.2, 0.25) is 0 Å². The minimum atomic E-state index is 0.991. The fourth-order valence-corrected chi connectivity index (χ4v) is 1.08.